The number of hydrogen-bond donors (Lipinski definition) is 0. The molecule has 3 heteroatoms. The Bertz CT molecular complexity index is 141. The molecule has 13 heavy (non-hydrogen) atoms. The fourth-order valence-electron chi connectivity index (χ4n) is 1.41. The van der Waals surface area contributed by atoms with E-state index in [2.05, 4.69) is 13.8 Å². The van der Waals surface area contributed by atoms with Gasteiger partial charge in [-0.05, 0) is 5.92 Å². The van der Waals surface area contributed by atoms with Crippen LogP contribution in [0, 0.1) is 5.92 Å². The summed E-state index contributed by atoms with van der Waals surface area (Å²) in [6.07, 6.45) is 2.14. The molecule has 0 spiro atoms. The number of ether oxygens (including phenoxy) is 2. The van der Waals surface area contributed by atoms with Crippen LogP contribution in [-0.2, 0) is 14.3 Å². The van der Waals surface area contributed by atoms with Gasteiger partial charge in [0.25, 0.3) is 0 Å². The fraction of sp³-hybridized carbons (Fsp3) is 0.900. The van der Waals surface area contributed by atoms with Crippen molar-refractivity contribution in [3.8, 4) is 0 Å². The molecular formula is C10H20O3. The molecule has 0 radical (unpaired) electrons. The van der Waals surface area contributed by atoms with E-state index in [-0.39, 0.29) is 12.1 Å². The van der Waals surface area contributed by atoms with Gasteiger partial charge in [0, 0.05) is 14.0 Å². The lowest BCUT2D eigenvalue weighted by atomic mass is 9.97. The van der Waals surface area contributed by atoms with Crippen LogP contribution < -0.4 is 0 Å². The molecule has 0 bridgehead atoms. The Morgan fingerprint density at radius 2 is 1.85 bits per heavy atom. The molecule has 0 aromatic rings. The molecule has 0 saturated heterocycles. The Morgan fingerprint density at radius 1 is 1.31 bits per heavy atom. The Kier molecular flexibility index (Phi) is 6.59. The van der Waals surface area contributed by atoms with Crippen LogP contribution in [-0.4, -0.2) is 25.8 Å². The van der Waals surface area contributed by atoms with Crippen LogP contribution in [0.3, 0.4) is 0 Å². The van der Waals surface area contributed by atoms with E-state index in [0.29, 0.717) is 12.5 Å². The average molecular weight is 188 g/mol. The summed E-state index contributed by atoms with van der Waals surface area (Å²) < 4.78 is 10.2. The van der Waals surface area contributed by atoms with Crippen molar-refractivity contribution in [2.45, 2.75) is 39.7 Å². The second-order valence-corrected chi connectivity index (χ2v) is 3.15. The Morgan fingerprint density at radius 3 is 2.15 bits per heavy atom. The van der Waals surface area contributed by atoms with Crippen molar-refractivity contribution in [2.75, 3.05) is 13.7 Å². The van der Waals surface area contributed by atoms with E-state index in [0.717, 1.165) is 12.8 Å². The summed E-state index contributed by atoms with van der Waals surface area (Å²) in [7, 11) is 1.66. The Labute approximate surface area is 80.4 Å². The first-order chi connectivity index (χ1) is 6.15. The number of rotatable bonds is 6. The molecule has 0 amide bonds. The molecule has 0 aliphatic carbocycles. The summed E-state index contributed by atoms with van der Waals surface area (Å²) >= 11 is 0. The number of carbonyl (C=O) groups is 1. The maximum absolute atomic E-state index is 10.6. The van der Waals surface area contributed by atoms with Crippen LogP contribution in [0.2, 0.25) is 0 Å². The predicted molar refractivity (Wildman–Crippen MR) is 51.5 cm³/mol. The second-order valence-electron chi connectivity index (χ2n) is 3.15. The van der Waals surface area contributed by atoms with Crippen molar-refractivity contribution in [3.63, 3.8) is 0 Å². The van der Waals surface area contributed by atoms with E-state index < -0.39 is 0 Å². The first-order valence-electron chi connectivity index (χ1n) is 4.81. The van der Waals surface area contributed by atoms with E-state index in [1.54, 1.807) is 7.11 Å². The lowest BCUT2D eigenvalue weighted by Crippen LogP contribution is -2.28. The smallest absolute Gasteiger partial charge is 0.302 e. The van der Waals surface area contributed by atoms with Crippen molar-refractivity contribution >= 4 is 5.97 Å². The minimum absolute atomic E-state index is 0.0406. The largest absolute Gasteiger partial charge is 0.463 e. The third-order valence-corrected chi connectivity index (χ3v) is 2.33. The zero-order valence-corrected chi connectivity index (χ0v) is 9.00. The summed E-state index contributed by atoms with van der Waals surface area (Å²) in [5.74, 6) is 0.234. The lowest BCUT2D eigenvalue weighted by Gasteiger charge is -2.23. The SMILES string of the molecule is CCC(CC)C(COC(C)=O)OC. The van der Waals surface area contributed by atoms with Gasteiger partial charge in [0.05, 0.1) is 6.10 Å². The van der Waals surface area contributed by atoms with Crippen LogP contribution in [0.15, 0.2) is 0 Å². The predicted octanol–water partition coefficient (Wildman–Crippen LogP) is 2.00. The lowest BCUT2D eigenvalue weighted by molar-refractivity contribution is -0.146. The topological polar surface area (TPSA) is 35.5 Å². The molecule has 1 unspecified atom stereocenters. The average Bonchev–Trinajstić information content (AvgIpc) is 2.11. The van der Waals surface area contributed by atoms with Gasteiger partial charge in [0.15, 0.2) is 0 Å². The molecule has 0 aliphatic rings. The van der Waals surface area contributed by atoms with Crippen molar-refractivity contribution in [3.05, 3.63) is 0 Å². The van der Waals surface area contributed by atoms with Gasteiger partial charge in [-0.1, -0.05) is 26.7 Å². The van der Waals surface area contributed by atoms with Crippen LogP contribution in [0.25, 0.3) is 0 Å². The Balaban J connectivity index is 3.92. The van der Waals surface area contributed by atoms with Gasteiger partial charge in [-0.25, -0.2) is 0 Å². The van der Waals surface area contributed by atoms with Crippen molar-refractivity contribution in [1.82, 2.24) is 0 Å². The van der Waals surface area contributed by atoms with E-state index in [9.17, 15) is 4.79 Å². The van der Waals surface area contributed by atoms with Crippen molar-refractivity contribution in [1.29, 1.82) is 0 Å². The first kappa shape index (κ1) is 12.4. The van der Waals surface area contributed by atoms with Gasteiger partial charge in [-0.3, -0.25) is 4.79 Å². The van der Waals surface area contributed by atoms with E-state index in [1.165, 1.54) is 6.92 Å². The molecule has 0 aromatic carbocycles. The maximum Gasteiger partial charge on any atom is 0.302 e. The third-order valence-electron chi connectivity index (χ3n) is 2.33. The summed E-state index contributed by atoms with van der Waals surface area (Å²) in [4.78, 5) is 10.6. The summed E-state index contributed by atoms with van der Waals surface area (Å²) in [6, 6.07) is 0. The highest BCUT2D eigenvalue weighted by Gasteiger charge is 2.18. The number of carbonyl (C=O) groups excluding carboxylic acids is 1. The summed E-state index contributed by atoms with van der Waals surface area (Å²) in [5.41, 5.74) is 0. The van der Waals surface area contributed by atoms with Crippen LogP contribution in [0.4, 0.5) is 0 Å². The molecule has 0 rings (SSSR count). The van der Waals surface area contributed by atoms with Gasteiger partial charge >= 0.3 is 5.97 Å². The first-order valence-corrected chi connectivity index (χ1v) is 4.81. The molecule has 3 nitrogen and oxygen atoms in total. The fourth-order valence-corrected chi connectivity index (χ4v) is 1.41. The molecule has 0 aliphatic heterocycles. The zero-order valence-electron chi connectivity index (χ0n) is 9.00. The molecule has 78 valence electrons. The van der Waals surface area contributed by atoms with Crippen LogP contribution >= 0.6 is 0 Å². The zero-order chi connectivity index (χ0) is 10.3. The monoisotopic (exact) mass is 188 g/mol. The second kappa shape index (κ2) is 6.89. The summed E-state index contributed by atoms with van der Waals surface area (Å²) in [5, 5.41) is 0. The minimum Gasteiger partial charge on any atom is -0.463 e. The van der Waals surface area contributed by atoms with Crippen LogP contribution in [0.1, 0.15) is 33.6 Å². The molecule has 0 fully saturated rings. The molecule has 0 heterocycles. The maximum atomic E-state index is 10.6. The van der Waals surface area contributed by atoms with Gasteiger partial charge in [0.2, 0.25) is 0 Å². The van der Waals surface area contributed by atoms with Crippen molar-refractivity contribution in [2.24, 2.45) is 5.92 Å². The quantitative estimate of drug-likeness (QED) is 0.598. The highest BCUT2D eigenvalue weighted by Crippen LogP contribution is 2.15. The van der Waals surface area contributed by atoms with Crippen LogP contribution in [0.5, 0.6) is 0 Å². The van der Waals surface area contributed by atoms with Gasteiger partial charge in [-0.15, -0.1) is 0 Å². The van der Waals surface area contributed by atoms with E-state index in [4.69, 9.17) is 9.47 Å². The van der Waals surface area contributed by atoms with Gasteiger partial charge in [-0.2, -0.15) is 0 Å². The third kappa shape index (κ3) is 4.88. The minimum atomic E-state index is -0.243. The standard InChI is InChI=1S/C10H20O3/c1-5-9(6-2)10(12-4)7-13-8(3)11/h9-10H,5-7H2,1-4H3. The van der Waals surface area contributed by atoms with E-state index in [1.807, 2.05) is 0 Å². The van der Waals surface area contributed by atoms with Gasteiger partial charge in [0.1, 0.15) is 6.61 Å². The molecular weight excluding hydrogens is 168 g/mol. The number of hydrogen-bond acceptors (Lipinski definition) is 3. The molecule has 1 atom stereocenters. The highest BCUT2D eigenvalue weighted by molar-refractivity contribution is 5.65. The summed E-state index contributed by atoms with van der Waals surface area (Å²) in [6.45, 7) is 6.03. The Hall–Kier alpha value is -0.570. The number of methoxy groups -OCH3 is 1. The normalized spacial score (nSPS) is 13.0. The molecule has 0 saturated carbocycles. The molecule has 0 N–H and O–H groups in total. The molecule has 0 aromatic heterocycles. The van der Waals surface area contributed by atoms with E-state index >= 15 is 0 Å². The van der Waals surface area contributed by atoms with Crippen molar-refractivity contribution < 1.29 is 14.3 Å². The van der Waals surface area contributed by atoms with Gasteiger partial charge < -0.3 is 9.47 Å². The highest BCUT2D eigenvalue weighted by atomic mass is 16.6. The number of esters is 1.